The van der Waals surface area contributed by atoms with E-state index in [0.717, 1.165) is 31.7 Å². The molecule has 0 saturated carbocycles. The molecule has 1 aromatic carbocycles. The van der Waals surface area contributed by atoms with Crippen molar-refractivity contribution in [3.63, 3.8) is 0 Å². The molecule has 1 fully saturated rings. The number of carbonyl (C=O) groups excluding carboxylic acids is 2. The summed E-state index contributed by atoms with van der Waals surface area (Å²) in [5, 5.41) is 0. The van der Waals surface area contributed by atoms with E-state index in [9.17, 15) is 9.59 Å². The van der Waals surface area contributed by atoms with E-state index in [4.69, 9.17) is 4.74 Å². The monoisotopic (exact) mass is 344 g/mol. The number of benzene rings is 1. The third-order valence-electron chi connectivity index (χ3n) is 5.05. The molecule has 2 aliphatic rings. The van der Waals surface area contributed by atoms with Gasteiger partial charge in [0.2, 0.25) is 0 Å². The van der Waals surface area contributed by atoms with Gasteiger partial charge < -0.3 is 14.5 Å². The van der Waals surface area contributed by atoms with Gasteiger partial charge in [0.1, 0.15) is 5.75 Å². The van der Waals surface area contributed by atoms with E-state index in [0.29, 0.717) is 24.3 Å². The molecule has 3 rings (SSSR count). The highest BCUT2D eigenvalue weighted by Gasteiger charge is 2.32. The van der Waals surface area contributed by atoms with E-state index in [2.05, 4.69) is 4.90 Å². The van der Waals surface area contributed by atoms with Crippen LogP contribution in [0.25, 0.3) is 0 Å². The molecule has 0 spiro atoms. The topological polar surface area (TPSA) is 49.9 Å². The van der Waals surface area contributed by atoms with Crippen molar-refractivity contribution in [1.82, 2.24) is 4.90 Å². The molecule has 5 nitrogen and oxygen atoms in total. The number of piperidine rings is 1. The number of anilines is 1. The molecule has 136 valence electrons. The van der Waals surface area contributed by atoms with Gasteiger partial charge >= 0.3 is 0 Å². The molecular formula is C20H28N2O3. The molecule has 2 heterocycles. The Hall–Kier alpha value is -1.88. The van der Waals surface area contributed by atoms with Crippen LogP contribution in [-0.2, 0) is 4.79 Å². The van der Waals surface area contributed by atoms with Crippen molar-refractivity contribution in [1.29, 1.82) is 0 Å². The summed E-state index contributed by atoms with van der Waals surface area (Å²) in [5.41, 5.74) is 1.40. The Labute approximate surface area is 149 Å². The van der Waals surface area contributed by atoms with Crippen LogP contribution in [0.15, 0.2) is 18.2 Å². The summed E-state index contributed by atoms with van der Waals surface area (Å²) in [7, 11) is 0. The zero-order valence-corrected chi connectivity index (χ0v) is 15.3. The fourth-order valence-electron chi connectivity index (χ4n) is 3.61. The van der Waals surface area contributed by atoms with Crippen LogP contribution in [0.3, 0.4) is 0 Å². The highest BCUT2D eigenvalue weighted by Crippen LogP contribution is 2.35. The normalized spacial score (nSPS) is 21.0. The lowest BCUT2D eigenvalue weighted by atomic mass is 10.0. The molecule has 5 heteroatoms. The van der Waals surface area contributed by atoms with Gasteiger partial charge in [-0.05, 0) is 57.5 Å². The second-order valence-electron chi connectivity index (χ2n) is 7.01. The van der Waals surface area contributed by atoms with Crippen LogP contribution in [0.5, 0.6) is 5.75 Å². The Kier molecular flexibility index (Phi) is 5.74. The number of ketones is 1. The smallest absolute Gasteiger partial charge is 0.267 e. The highest BCUT2D eigenvalue weighted by molar-refractivity contribution is 6.03. The van der Waals surface area contributed by atoms with Crippen molar-refractivity contribution in [2.24, 2.45) is 0 Å². The first-order valence-corrected chi connectivity index (χ1v) is 9.47. The standard InChI is InChI=1S/C20H28N2O3/c1-3-7-18(23)16-8-9-19-17(14-16)22(20(24)15(2)25-19)13-12-21-10-5-4-6-11-21/h8-9,14-15H,3-7,10-13H2,1-2H3. The molecule has 0 bridgehead atoms. The molecule has 0 radical (unpaired) electrons. The second kappa shape index (κ2) is 8.00. The van der Waals surface area contributed by atoms with Crippen molar-refractivity contribution in [3.05, 3.63) is 23.8 Å². The molecule has 2 aliphatic heterocycles. The van der Waals surface area contributed by atoms with Crippen molar-refractivity contribution in [3.8, 4) is 5.75 Å². The second-order valence-corrected chi connectivity index (χ2v) is 7.01. The number of rotatable bonds is 6. The Bertz CT molecular complexity index is 638. The molecule has 25 heavy (non-hydrogen) atoms. The fourth-order valence-corrected chi connectivity index (χ4v) is 3.61. The Balaban J connectivity index is 1.80. The fraction of sp³-hybridized carbons (Fsp3) is 0.600. The van der Waals surface area contributed by atoms with E-state index in [1.165, 1.54) is 19.3 Å². The van der Waals surface area contributed by atoms with Crippen molar-refractivity contribution in [2.75, 3.05) is 31.1 Å². The van der Waals surface area contributed by atoms with Crippen LogP contribution in [-0.4, -0.2) is 48.9 Å². The quantitative estimate of drug-likeness (QED) is 0.743. The third-order valence-corrected chi connectivity index (χ3v) is 5.05. The van der Waals surface area contributed by atoms with Gasteiger partial charge in [0, 0.05) is 25.1 Å². The molecule has 1 saturated heterocycles. The van der Waals surface area contributed by atoms with E-state index in [-0.39, 0.29) is 11.7 Å². The van der Waals surface area contributed by atoms with E-state index >= 15 is 0 Å². The summed E-state index contributed by atoms with van der Waals surface area (Å²) in [6.07, 6.45) is 4.64. The first-order chi connectivity index (χ1) is 12.1. The maximum Gasteiger partial charge on any atom is 0.267 e. The molecule has 1 aromatic rings. The zero-order valence-electron chi connectivity index (χ0n) is 15.3. The van der Waals surface area contributed by atoms with Crippen molar-refractivity contribution >= 4 is 17.4 Å². The summed E-state index contributed by atoms with van der Waals surface area (Å²) in [4.78, 5) is 29.1. The summed E-state index contributed by atoms with van der Waals surface area (Å²) >= 11 is 0. The third kappa shape index (κ3) is 4.03. The maximum atomic E-state index is 12.7. The van der Waals surface area contributed by atoms with Crippen LogP contribution in [0, 0.1) is 0 Å². The number of hydrogen-bond acceptors (Lipinski definition) is 4. The number of carbonyl (C=O) groups is 2. The highest BCUT2D eigenvalue weighted by atomic mass is 16.5. The Morgan fingerprint density at radius 1 is 1.20 bits per heavy atom. The summed E-state index contributed by atoms with van der Waals surface area (Å²) in [5.74, 6) is 0.788. The number of fused-ring (bicyclic) bond motifs is 1. The van der Waals surface area contributed by atoms with Gasteiger partial charge in [-0.25, -0.2) is 0 Å². The van der Waals surface area contributed by atoms with Gasteiger partial charge in [0.25, 0.3) is 5.91 Å². The lowest BCUT2D eigenvalue weighted by molar-refractivity contribution is -0.125. The van der Waals surface area contributed by atoms with Crippen LogP contribution < -0.4 is 9.64 Å². The average molecular weight is 344 g/mol. The van der Waals surface area contributed by atoms with Crippen molar-refractivity contribution in [2.45, 2.75) is 52.1 Å². The first kappa shape index (κ1) is 17.9. The number of likely N-dealkylation sites (tertiary alicyclic amines) is 1. The van der Waals surface area contributed by atoms with Gasteiger partial charge in [-0.15, -0.1) is 0 Å². The molecule has 1 unspecified atom stereocenters. The minimum Gasteiger partial charge on any atom is -0.479 e. The number of Topliss-reactive ketones (excluding diaryl/α,β-unsaturated/α-hetero) is 1. The molecule has 0 aliphatic carbocycles. The van der Waals surface area contributed by atoms with E-state index < -0.39 is 6.10 Å². The first-order valence-electron chi connectivity index (χ1n) is 9.47. The Morgan fingerprint density at radius 2 is 1.96 bits per heavy atom. The lowest BCUT2D eigenvalue weighted by Gasteiger charge is -2.35. The van der Waals surface area contributed by atoms with E-state index in [1.807, 2.05) is 25.1 Å². The number of nitrogens with zero attached hydrogens (tertiary/aromatic N) is 2. The predicted octanol–water partition coefficient (Wildman–Crippen LogP) is 3.27. The maximum absolute atomic E-state index is 12.7. The number of hydrogen-bond donors (Lipinski definition) is 0. The summed E-state index contributed by atoms with van der Waals surface area (Å²) in [6, 6.07) is 5.46. The van der Waals surface area contributed by atoms with Gasteiger partial charge in [-0.2, -0.15) is 0 Å². The van der Waals surface area contributed by atoms with Crippen molar-refractivity contribution < 1.29 is 14.3 Å². The SMILES string of the molecule is CCCC(=O)c1ccc2c(c1)N(CCN1CCCCC1)C(=O)C(C)O2. The average Bonchev–Trinajstić information content (AvgIpc) is 2.63. The number of ether oxygens (including phenoxy) is 1. The van der Waals surface area contributed by atoms with Crippen LogP contribution in [0.1, 0.15) is 56.3 Å². The van der Waals surface area contributed by atoms with Gasteiger partial charge in [0.05, 0.1) is 5.69 Å². The largest absolute Gasteiger partial charge is 0.479 e. The minimum absolute atomic E-state index is 0.0235. The molecule has 1 atom stereocenters. The van der Waals surface area contributed by atoms with Gasteiger partial charge in [0.15, 0.2) is 11.9 Å². The number of amides is 1. The molecule has 0 N–H and O–H groups in total. The molecule has 0 aromatic heterocycles. The Morgan fingerprint density at radius 3 is 2.68 bits per heavy atom. The summed E-state index contributed by atoms with van der Waals surface area (Å²) in [6.45, 7) is 7.51. The molecular weight excluding hydrogens is 316 g/mol. The lowest BCUT2D eigenvalue weighted by Crippen LogP contribution is -2.48. The zero-order chi connectivity index (χ0) is 17.8. The van der Waals surface area contributed by atoms with Crippen LogP contribution >= 0.6 is 0 Å². The summed E-state index contributed by atoms with van der Waals surface area (Å²) < 4.78 is 5.74. The van der Waals surface area contributed by atoms with E-state index in [1.54, 1.807) is 11.8 Å². The van der Waals surface area contributed by atoms with Crippen LogP contribution in [0.2, 0.25) is 0 Å². The van der Waals surface area contributed by atoms with Gasteiger partial charge in [-0.1, -0.05) is 13.3 Å². The predicted molar refractivity (Wildman–Crippen MR) is 98.4 cm³/mol. The van der Waals surface area contributed by atoms with Gasteiger partial charge in [-0.3, -0.25) is 9.59 Å². The molecule has 1 amide bonds. The van der Waals surface area contributed by atoms with Crippen LogP contribution in [0.4, 0.5) is 5.69 Å². The minimum atomic E-state index is -0.481.